The monoisotopic (exact) mass is 366 g/mol. The van der Waals surface area contributed by atoms with Gasteiger partial charge in [-0.15, -0.1) is 0 Å². The third-order valence-corrected chi connectivity index (χ3v) is 4.88. The third kappa shape index (κ3) is 4.48. The van der Waals surface area contributed by atoms with Crippen molar-refractivity contribution in [3.05, 3.63) is 65.2 Å². The van der Waals surface area contributed by atoms with Crippen molar-refractivity contribution in [2.24, 2.45) is 0 Å². The number of nitrogens with one attached hydrogen (secondary N) is 1. The molecule has 3 rings (SSSR count). The molecule has 3 amide bonds. The molecule has 142 valence electrons. The number of benzene rings is 2. The van der Waals surface area contributed by atoms with Gasteiger partial charge in [0.05, 0.1) is 6.54 Å². The summed E-state index contributed by atoms with van der Waals surface area (Å²) in [6.07, 6.45) is 1.30. The summed E-state index contributed by atoms with van der Waals surface area (Å²) < 4.78 is 5.75. The van der Waals surface area contributed by atoms with Gasteiger partial charge < -0.3 is 10.1 Å². The van der Waals surface area contributed by atoms with Gasteiger partial charge in [-0.1, -0.05) is 36.4 Å². The van der Waals surface area contributed by atoms with Gasteiger partial charge in [-0.25, -0.2) is 4.79 Å². The quantitative estimate of drug-likeness (QED) is 0.762. The second-order valence-electron chi connectivity index (χ2n) is 7.38. The molecular weight excluding hydrogens is 340 g/mol. The predicted molar refractivity (Wildman–Crippen MR) is 105 cm³/mol. The van der Waals surface area contributed by atoms with Crippen LogP contribution in [0.2, 0.25) is 0 Å². The highest BCUT2D eigenvalue weighted by atomic mass is 16.5. The summed E-state index contributed by atoms with van der Waals surface area (Å²) in [4.78, 5) is 26.4. The van der Waals surface area contributed by atoms with Crippen LogP contribution in [0.4, 0.5) is 4.79 Å². The van der Waals surface area contributed by atoms with Crippen LogP contribution in [0.15, 0.2) is 48.5 Å². The van der Waals surface area contributed by atoms with Gasteiger partial charge in [0.25, 0.3) is 5.91 Å². The van der Waals surface area contributed by atoms with Crippen LogP contribution in [0.25, 0.3) is 0 Å². The summed E-state index contributed by atoms with van der Waals surface area (Å²) in [5, 5.41) is 2.85. The molecule has 5 heteroatoms. The number of hydrogen-bond donors (Lipinski definition) is 1. The summed E-state index contributed by atoms with van der Waals surface area (Å²) >= 11 is 0. The molecule has 1 fully saturated rings. The van der Waals surface area contributed by atoms with Crippen LogP contribution in [0.1, 0.15) is 30.0 Å². The lowest BCUT2D eigenvalue weighted by atomic mass is 9.93. The number of aryl methyl sites for hydroxylation is 3. The number of carbonyl (C=O) groups excluding carboxylic acids is 2. The van der Waals surface area contributed by atoms with Gasteiger partial charge in [0, 0.05) is 0 Å². The van der Waals surface area contributed by atoms with Gasteiger partial charge in [0.2, 0.25) is 0 Å². The fourth-order valence-corrected chi connectivity index (χ4v) is 3.43. The van der Waals surface area contributed by atoms with Crippen LogP contribution in [0.5, 0.6) is 5.75 Å². The zero-order valence-electron chi connectivity index (χ0n) is 16.1. The van der Waals surface area contributed by atoms with E-state index in [9.17, 15) is 9.59 Å². The maximum atomic E-state index is 12.8. The van der Waals surface area contributed by atoms with Crippen molar-refractivity contribution in [2.75, 3.05) is 13.2 Å². The molecule has 0 radical (unpaired) electrons. The second-order valence-corrected chi connectivity index (χ2v) is 7.38. The van der Waals surface area contributed by atoms with E-state index < -0.39 is 5.54 Å². The van der Waals surface area contributed by atoms with Gasteiger partial charge in [0.1, 0.15) is 17.9 Å². The molecule has 1 aliphatic rings. The minimum Gasteiger partial charge on any atom is -0.492 e. The molecule has 0 aliphatic carbocycles. The van der Waals surface area contributed by atoms with Crippen molar-refractivity contribution < 1.29 is 14.3 Å². The Labute approximate surface area is 160 Å². The Morgan fingerprint density at radius 1 is 1.04 bits per heavy atom. The van der Waals surface area contributed by atoms with E-state index in [1.807, 2.05) is 56.3 Å². The minimum atomic E-state index is -0.868. The van der Waals surface area contributed by atoms with E-state index >= 15 is 0 Å². The summed E-state index contributed by atoms with van der Waals surface area (Å²) in [7, 11) is 0. The van der Waals surface area contributed by atoms with E-state index in [-0.39, 0.29) is 25.1 Å². The lowest BCUT2D eigenvalue weighted by Gasteiger charge is -2.21. The molecule has 1 aliphatic heterocycles. The number of amides is 3. The molecule has 0 unspecified atom stereocenters. The SMILES string of the molecule is Cc1cc(C)cc(OCCN2C(=O)N[C@](C)(CCc3ccccc3)C2=O)c1. The first-order valence-electron chi connectivity index (χ1n) is 9.26. The number of nitrogens with zero attached hydrogens (tertiary/aromatic N) is 1. The molecule has 0 aromatic heterocycles. The fraction of sp³-hybridized carbons (Fsp3) is 0.364. The highest BCUT2D eigenvalue weighted by Gasteiger charge is 2.47. The summed E-state index contributed by atoms with van der Waals surface area (Å²) in [6.45, 7) is 6.32. The van der Waals surface area contributed by atoms with Gasteiger partial charge in [-0.2, -0.15) is 0 Å². The molecule has 0 bridgehead atoms. The summed E-state index contributed by atoms with van der Waals surface area (Å²) in [5.74, 6) is 0.568. The molecule has 0 saturated carbocycles. The van der Waals surface area contributed by atoms with Crippen molar-refractivity contribution in [2.45, 2.75) is 39.2 Å². The molecule has 2 aromatic rings. The van der Waals surface area contributed by atoms with E-state index in [1.54, 1.807) is 6.92 Å². The molecule has 1 atom stereocenters. The number of carbonyl (C=O) groups is 2. The molecule has 2 aromatic carbocycles. The predicted octanol–water partition coefficient (Wildman–Crippen LogP) is 3.63. The zero-order valence-corrected chi connectivity index (χ0v) is 16.1. The first-order chi connectivity index (χ1) is 12.9. The topological polar surface area (TPSA) is 58.6 Å². The molecule has 0 spiro atoms. The van der Waals surface area contributed by atoms with Crippen LogP contribution in [-0.2, 0) is 11.2 Å². The zero-order chi connectivity index (χ0) is 19.4. The Morgan fingerprint density at radius 2 is 1.70 bits per heavy atom. The van der Waals surface area contributed by atoms with E-state index in [2.05, 4.69) is 11.4 Å². The Balaban J connectivity index is 1.56. The maximum Gasteiger partial charge on any atom is 0.325 e. The molecular formula is C22H26N2O3. The van der Waals surface area contributed by atoms with Crippen molar-refractivity contribution in [1.82, 2.24) is 10.2 Å². The van der Waals surface area contributed by atoms with Crippen LogP contribution in [0.3, 0.4) is 0 Å². The van der Waals surface area contributed by atoms with Gasteiger partial charge >= 0.3 is 6.03 Å². The van der Waals surface area contributed by atoms with Crippen LogP contribution in [-0.4, -0.2) is 35.5 Å². The first-order valence-corrected chi connectivity index (χ1v) is 9.26. The largest absolute Gasteiger partial charge is 0.492 e. The third-order valence-electron chi connectivity index (χ3n) is 4.88. The first kappa shape index (κ1) is 19.0. The van der Waals surface area contributed by atoms with Crippen LogP contribution < -0.4 is 10.1 Å². The van der Waals surface area contributed by atoms with Crippen LogP contribution in [0, 0.1) is 13.8 Å². The number of ether oxygens (including phenoxy) is 1. The smallest absolute Gasteiger partial charge is 0.325 e. The number of urea groups is 1. The minimum absolute atomic E-state index is 0.188. The van der Waals surface area contributed by atoms with Gasteiger partial charge in [0.15, 0.2) is 0 Å². The van der Waals surface area contributed by atoms with Crippen molar-refractivity contribution in [3.8, 4) is 5.75 Å². The Kier molecular flexibility index (Phi) is 5.49. The number of imide groups is 1. The Bertz CT molecular complexity index is 814. The standard InChI is InChI=1S/C22H26N2O3/c1-16-13-17(2)15-19(14-16)27-12-11-24-20(25)22(3,23-21(24)26)10-9-18-7-5-4-6-8-18/h4-8,13-15H,9-12H2,1-3H3,(H,23,26)/t22-/m1/s1. The number of hydrogen-bond acceptors (Lipinski definition) is 3. The Morgan fingerprint density at radius 3 is 2.37 bits per heavy atom. The van der Waals surface area contributed by atoms with E-state index in [0.717, 1.165) is 28.9 Å². The van der Waals surface area contributed by atoms with Crippen molar-refractivity contribution >= 4 is 11.9 Å². The second kappa shape index (κ2) is 7.82. The molecule has 1 heterocycles. The number of rotatable bonds is 7. The molecule has 1 N–H and O–H groups in total. The molecule has 27 heavy (non-hydrogen) atoms. The Hall–Kier alpha value is -2.82. The molecule has 5 nitrogen and oxygen atoms in total. The van der Waals surface area contributed by atoms with Gasteiger partial charge in [-0.05, 0) is 62.4 Å². The van der Waals surface area contributed by atoms with Crippen molar-refractivity contribution in [3.63, 3.8) is 0 Å². The van der Waals surface area contributed by atoms with Crippen LogP contribution >= 0.6 is 0 Å². The average molecular weight is 366 g/mol. The normalized spacial score (nSPS) is 19.3. The maximum absolute atomic E-state index is 12.8. The lowest BCUT2D eigenvalue weighted by Crippen LogP contribution is -2.44. The van der Waals surface area contributed by atoms with E-state index in [4.69, 9.17) is 4.74 Å². The molecule has 1 saturated heterocycles. The fourth-order valence-electron chi connectivity index (χ4n) is 3.43. The average Bonchev–Trinajstić information content (AvgIpc) is 2.83. The highest BCUT2D eigenvalue weighted by Crippen LogP contribution is 2.23. The summed E-state index contributed by atoms with van der Waals surface area (Å²) in [6, 6.07) is 15.6. The summed E-state index contributed by atoms with van der Waals surface area (Å²) in [5.41, 5.74) is 2.52. The lowest BCUT2D eigenvalue weighted by molar-refractivity contribution is -0.131. The van der Waals surface area contributed by atoms with E-state index in [1.165, 1.54) is 4.90 Å². The highest BCUT2D eigenvalue weighted by molar-refractivity contribution is 6.06. The van der Waals surface area contributed by atoms with Crippen molar-refractivity contribution in [1.29, 1.82) is 0 Å². The van der Waals surface area contributed by atoms with E-state index in [0.29, 0.717) is 6.42 Å². The van der Waals surface area contributed by atoms with Gasteiger partial charge in [-0.3, -0.25) is 9.69 Å².